The molecule has 2 aromatic carbocycles. The Morgan fingerprint density at radius 3 is 2.59 bits per heavy atom. The van der Waals surface area contributed by atoms with E-state index in [1.54, 1.807) is 46.9 Å². The van der Waals surface area contributed by atoms with Crippen LogP contribution in [0.3, 0.4) is 0 Å². The first-order chi connectivity index (χ1) is 15.5. The number of halogens is 1. The zero-order valence-corrected chi connectivity index (χ0v) is 19.6. The van der Waals surface area contributed by atoms with Crippen LogP contribution in [0.5, 0.6) is 0 Å². The largest absolute Gasteiger partial charge is 0.383 e. The second kappa shape index (κ2) is 11.2. The van der Waals surface area contributed by atoms with Gasteiger partial charge in [-0.25, -0.2) is 4.98 Å². The lowest BCUT2D eigenvalue weighted by Gasteiger charge is -2.31. The van der Waals surface area contributed by atoms with Crippen LogP contribution in [0.1, 0.15) is 55.3 Å². The summed E-state index contributed by atoms with van der Waals surface area (Å²) in [7, 11) is 1.60. The summed E-state index contributed by atoms with van der Waals surface area (Å²) in [6.45, 7) is 5.31. The molecule has 170 valence electrons. The summed E-state index contributed by atoms with van der Waals surface area (Å²) >= 11 is 6.34. The highest BCUT2D eigenvalue weighted by molar-refractivity contribution is 6.33. The fraction of sp³-hybridized carbons (Fsp3) is 0.400. The minimum absolute atomic E-state index is 0.131. The average Bonchev–Trinajstić information content (AvgIpc) is 2.81. The second-order valence-corrected chi connectivity index (χ2v) is 8.21. The van der Waals surface area contributed by atoms with E-state index >= 15 is 0 Å². The van der Waals surface area contributed by atoms with Crippen LogP contribution in [0.25, 0.3) is 10.9 Å². The summed E-state index contributed by atoms with van der Waals surface area (Å²) in [5, 5.41) is 0.961. The first-order valence-electron chi connectivity index (χ1n) is 11.0. The van der Waals surface area contributed by atoms with Crippen molar-refractivity contribution >= 4 is 28.4 Å². The Hall–Kier alpha value is -2.70. The molecule has 3 rings (SSSR count). The molecule has 6 nitrogen and oxygen atoms in total. The van der Waals surface area contributed by atoms with Gasteiger partial charge in [-0.3, -0.25) is 14.2 Å². The summed E-state index contributed by atoms with van der Waals surface area (Å²) in [4.78, 5) is 33.4. The smallest absolute Gasteiger partial charge is 0.261 e. The highest BCUT2D eigenvalue weighted by Crippen LogP contribution is 2.25. The van der Waals surface area contributed by atoms with Crippen molar-refractivity contribution in [2.45, 2.75) is 45.7 Å². The number of aromatic nitrogens is 2. The van der Waals surface area contributed by atoms with Crippen molar-refractivity contribution in [2.75, 3.05) is 20.3 Å². The number of benzene rings is 2. The third kappa shape index (κ3) is 5.19. The molecule has 0 spiro atoms. The number of methoxy groups -OCH3 is 1. The van der Waals surface area contributed by atoms with Crippen molar-refractivity contribution < 1.29 is 9.53 Å². The summed E-state index contributed by atoms with van der Waals surface area (Å²) in [6, 6.07) is 13.9. The van der Waals surface area contributed by atoms with Gasteiger partial charge in [0.25, 0.3) is 11.5 Å². The molecule has 0 aliphatic rings. The number of carbonyl (C=O) groups excluding carboxylic acids is 1. The average molecular weight is 456 g/mol. The third-order valence-corrected chi connectivity index (χ3v) is 5.95. The molecule has 0 bridgehead atoms. The highest BCUT2D eigenvalue weighted by atomic mass is 35.5. The molecule has 1 heterocycles. The van der Waals surface area contributed by atoms with E-state index in [4.69, 9.17) is 21.3 Å². The molecule has 0 aliphatic heterocycles. The Balaban J connectivity index is 2.10. The molecule has 0 aliphatic carbocycles. The molecule has 7 heteroatoms. The molecular formula is C25H30ClN3O3. The van der Waals surface area contributed by atoms with Gasteiger partial charge in [-0.05, 0) is 37.6 Å². The van der Waals surface area contributed by atoms with Crippen LogP contribution in [-0.4, -0.2) is 40.6 Å². The molecule has 1 aromatic heterocycles. The van der Waals surface area contributed by atoms with E-state index in [2.05, 4.69) is 6.92 Å². The van der Waals surface area contributed by atoms with Crippen molar-refractivity contribution in [3.05, 3.63) is 75.3 Å². The summed E-state index contributed by atoms with van der Waals surface area (Å²) in [6.07, 6.45) is 2.89. The number of unbranched alkanes of at least 4 members (excludes halogenated alkanes) is 2. The number of hydrogen-bond donors (Lipinski definition) is 0. The lowest BCUT2D eigenvalue weighted by atomic mass is 10.1. The lowest BCUT2D eigenvalue weighted by Crippen LogP contribution is -2.39. The summed E-state index contributed by atoms with van der Waals surface area (Å²) < 4.78 is 6.86. The Labute approximate surface area is 193 Å². The fourth-order valence-electron chi connectivity index (χ4n) is 3.83. The molecule has 1 unspecified atom stereocenters. The maximum atomic E-state index is 13.6. The molecule has 0 saturated carbocycles. The summed E-state index contributed by atoms with van der Waals surface area (Å²) in [5.41, 5.74) is 0.934. The van der Waals surface area contributed by atoms with Crippen LogP contribution >= 0.6 is 11.6 Å². The number of fused-ring (bicyclic) bond motifs is 1. The molecule has 3 aromatic rings. The van der Waals surface area contributed by atoms with Gasteiger partial charge in [0.2, 0.25) is 0 Å². The summed E-state index contributed by atoms with van der Waals surface area (Å²) in [5.74, 6) is 0.377. The van der Waals surface area contributed by atoms with E-state index in [-0.39, 0.29) is 11.5 Å². The number of para-hydroxylation sites is 1. The molecule has 0 N–H and O–H groups in total. The zero-order valence-electron chi connectivity index (χ0n) is 18.9. The number of nitrogens with zero attached hydrogens (tertiary/aromatic N) is 3. The van der Waals surface area contributed by atoms with Gasteiger partial charge in [0.15, 0.2) is 0 Å². The van der Waals surface area contributed by atoms with Gasteiger partial charge in [-0.1, -0.05) is 55.6 Å². The van der Waals surface area contributed by atoms with Crippen LogP contribution in [0.4, 0.5) is 0 Å². The Kier molecular flexibility index (Phi) is 8.42. The van der Waals surface area contributed by atoms with E-state index in [1.807, 2.05) is 25.1 Å². The molecule has 0 radical (unpaired) electrons. The molecular weight excluding hydrogens is 426 g/mol. The maximum Gasteiger partial charge on any atom is 0.261 e. The van der Waals surface area contributed by atoms with Crippen LogP contribution < -0.4 is 5.56 Å². The van der Waals surface area contributed by atoms with Gasteiger partial charge in [0, 0.05) is 13.7 Å². The fourth-order valence-corrected chi connectivity index (χ4v) is 4.05. The topological polar surface area (TPSA) is 64.4 Å². The van der Waals surface area contributed by atoms with Crippen molar-refractivity contribution in [1.29, 1.82) is 0 Å². The lowest BCUT2D eigenvalue weighted by molar-refractivity contribution is 0.0673. The minimum Gasteiger partial charge on any atom is -0.383 e. The number of ether oxygens (including phenoxy) is 1. The monoisotopic (exact) mass is 455 g/mol. The van der Waals surface area contributed by atoms with E-state index in [0.29, 0.717) is 47.0 Å². The van der Waals surface area contributed by atoms with Crippen LogP contribution in [0, 0.1) is 0 Å². The first kappa shape index (κ1) is 24.0. The molecule has 1 amide bonds. The van der Waals surface area contributed by atoms with Crippen LogP contribution in [0.2, 0.25) is 5.02 Å². The quantitative estimate of drug-likeness (QED) is 0.399. The SMILES string of the molecule is CCCCCN(C(=O)c1ccccc1Cl)C(C)c1nc2ccccc2c(=O)n1CCOC. The van der Waals surface area contributed by atoms with Gasteiger partial charge in [0.05, 0.1) is 40.7 Å². The van der Waals surface area contributed by atoms with Crippen LogP contribution in [0.15, 0.2) is 53.3 Å². The number of hydrogen-bond acceptors (Lipinski definition) is 4. The molecule has 0 saturated heterocycles. The van der Waals surface area contributed by atoms with Gasteiger partial charge in [-0.2, -0.15) is 0 Å². The van der Waals surface area contributed by atoms with Crippen molar-refractivity contribution in [3.8, 4) is 0 Å². The predicted molar refractivity (Wildman–Crippen MR) is 128 cm³/mol. The van der Waals surface area contributed by atoms with Crippen molar-refractivity contribution in [1.82, 2.24) is 14.5 Å². The second-order valence-electron chi connectivity index (χ2n) is 7.80. The molecule has 1 atom stereocenters. The third-order valence-electron chi connectivity index (χ3n) is 5.62. The Morgan fingerprint density at radius 1 is 1.16 bits per heavy atom. The van der Waals surface area contributed by atoms with E-state index in [1.165, 1.54) is 0 Å². The molecule has 32 heavy (non-hydrogen) atoms. The number of rotatable bonds is 10. The van der Waals surface area contributed by atoms with Crippen LogP contribution in [-0.2, 0) is 11.3 Å². The van der Waals surface area contributed by atoms with Gasteiger partial charge < -0.3 is 9.64 Å². The van der Waals surface area contributed by atoms with E-state index in [0.717, 1.165) is 19.3 Å². The molecule has 0 fully saturated rings. The van der Waals surface area contributed by atoms with Gasteiger partial charge in [0.1, 0.15) is 5.82 Å². The van der Waals surface area contributed by atoms with Gasteiger partial charge >= 0.3 is 0 Å². The highest BCUT2D eigenvalue weighted by Gasteiger charge is 2.27. The number of carbonyl (C=O) groups is 1. The van der Waals surface area contributed by atoms with E-state index < -0.39 is 6.04 Å². The van der Waals surface area contributed by atoms with Gasteiger partial charge in [-0.15, -0.1) is 0 Å². The Morgan fingerprint density at radius 2 is 1.88 bits per heavy atom. The standard InChI is InChI=1S/C25H30ClN3O3/c1-4-5-10-15-28(24(30)19-11-6-8-13-21(19)26)18(2)23-27-22-14-9-7-12-20(22)25(31)29(23)16-17-32-3/h6-9,11-14,18H,4-5,10,15-17H2,1-3H3. The predicted octanol–water partition coefficient (Wildman–Crippen LogP) is 5.09. The first-order valence-corrected chi connectivity index (χ1v) is 11.4. The zero-order chi connectivity index (χ0) is 23.1. The van der Waals surface area contributed by atoms with E-state index in [9.17, 15) is 9.59 Å². The minimum atomic E-state index is -0.426. The maximum absolute atomic E-state index is 13.6. The Bertz CT molecular complexity index is 1130. The van der Waals surface area contributed by atoms with Crippen molar-refractivity contribution in [3.63, 3.8) is 0 Å². The number of amides is 1. The van der Waals surface area contributed by atoms with Crippen molar-refractivity contribution in [2.24, 2.45) is 0 Å². The normalized spacial score (nSPS) is 12.1.